The highest BCUT2D eigenvalue weighted by atomic mass is 32.1. The van der Waals surface area contributed by atoms with E-state index in [1.165, 1.54) is 64.7 Å². The summed E-state index contributed by atoms with van der Waals surface area (Å²) < 4.78 is 2.60. The summed E-state index contributed by atoms with van der Waals surface area (Å²) in [5.41, 5.74) is 17.3. The molecule has 1 aliphatic rings. The Morgan fingerprint density at radius 3 is 1.67 bits per heavy atom. The monoisotopic (exact) mass is 758 g/mol. The van der Waals surface area contributed by atoms with E-state index in [4.69, 9.17) is 9.97 Å². The van der Waals surface area contributed by atoms with Crippen LogP contribution in [0, 0.1) is 0 Å². The molecule has 0 N–H and O–H groups in total. The molecule has 0 bridgehead atoms. The molecule has 10 aromatic rings. The molecular formula is C55H38N2S. The Morgan fingerprint density at radius 2 is 0.879 bits per heavy atom. The highest BCUT2D eigenvalue weighted by molar-refractivity contribution is 7.25. The number of hydrogen-bond acceptors (Lipinski definition) is 3. The summed E-state index contributed by atoms with van der Waals surface area (Å²) >= 11 is 1.85. The van der Waals surface area contributed by atoms with Gasteiger partial charge in [-0.15, -0.1) is 11.3 Å². The Balaban J connectivity index is 1.03. The summed E-state index contributed by atoms with van der Waals surface area (Å²) in [5, 5.41) is 2.61. The normalized spacial score (nSPS) is 12.8. The van der Waals surface area contributed by atoms with Crippen molar-refractivity contribution in [3.8, 4) is 78.4 Å². The van der Waals surface area contributed by atoms with E-state index in [1.807, 2.05) is 29.5 Å². The van der Waals surface area contributed by atoms with Gasteiger partial charge >= 0.3 is 0 Å². The molecule has 2 aromatic heterocycles. The molecule has 1 aliphatic carbocycles. The minimum Gasteiger partial charge on any atom is -0.228 e. The molecule has 0 amide bonds. The molecule has 0 unspecified atom stereocenters. The van der Waals surface area contributed by atoms with Gasteiger partial charge in [-0.2, -0.15) is 0 Å². The summed E-state index contributed by atoms with van der Waals surface area (Å²) in [6, 6.07) is 70.2. The van der Waals surface area contributed by atoms with Crippen LogP contribution in [0.1, 0.15) is 25.0 Å². The quantitative estimate of drug-likeness (QED) is 0.169. The fourth-order valence-electron chi connectivity index (χ4n) is 8.84. The van der Waals surface area contributed by atoms with Crippen molar-refractivity contribution in [3.05, 3.63) is 205 Å². The molecule has 0 radical (unpaired) electrons. The van der Waals surface area contributed by atoms with Crippen molar-refractivity contribution >= 4 is 31.5 Å². The second-order valence-corrected chi connectivity index (χ2v) is 16.9. The summed E-state index contributed by atoms with van der Waals surface area (Å²) in [5.74, 6) is 0.704. The van der Waals surface area contributed by atoms with Gasteiger partial charge in [0.1, 0.15) is 0 Å². The molecule has 0 aliphatic heterocycles. The summed E-state index contributed by atoms with van der Waals surface area (Å²) in [6.45, 7) is 4.66. The molecule has 0 atom stereocenters. The van der Waals surface area contributed by atoms with E-state index in [0.29, 0.717) is 5.82 Å². The van der Waals surface area contributed by atoms with Crippen LogP contribution in [0.3, 0.4) is 0 Å². The third-order valence-electron chi connectivity index (χ3n) is 11.9. The third kappa shape index (κ3) is 5.86. The van der Waals surface area contributed by atoms with Crippen LogP contribution in [-0.4, -0.2) is 9.97 Å². The Hall–Kier alpha value is -6.94. The topological polar surface area (TPSA) is 25.8 Å². The Kier molecular flexibility index (Phi) is 8.06. The largest absolute Gasteiger partial charge is 0.228 e. The standard InChI is InChI=1S/C55H38N2S/c1-55(2)48-19-11-9-17-44(48)47-32-39(26-28-49(47)55)36-21-23-37(24-22-36)50-34-51(57-54(56-50)38-15-7-4-8-16-38)43-30-41(35-13-5-3-6-14-35)29-42(31-43)40-25-27-46-45-18-10-12-20-52(45)58-53(46)33-40/h3-34H,1-2H3. The first-order valence-corrected chi connectivity index (χ1v) is 20.7. The lowest BCUT2D eigenvalue weighted by molar-refractivity contribution is 0.660. The van der Waals surface area contributed by atoms with Crippen molar-refractivity contribution in [2.75, 3.05) is 0 Å². The highest BCUT2D eigenvalue weighted by Crippen LogP contribution is 2.49. The van der Waals surface area contributed by atoms with E-state index >= 15 is 0 Å². The number of aromatic nitrogens is 2. The SMILES string of the molecule is CC1(C)c2ccccc2-c2cc(-c3ccc(-c4cc(-c5cc(-c6ccccc6)cc(-c6ccc7c(c6)sc6ccccc67)c5)nc(-c5ccccc5)n4)cc3)ccc21. The summed E-state index contributed by atoms with van der Waals surface area (Å²) in [4.78, 5) is 10.5. The molecule has 0 spiro atoms. The van der Waals surface area contributed by atoms with Gasteiger partial charge in [0.15, 0.2) is 5.82 Å². The summed E-state index contributed by atoms with van der Waals surface area (Å²) in [7, 11) is 0. The van der Waals surface area contributed by atoms with Gasteiger partial charge in [-0.05, 0) is 98.1 Å². The van der Waals surface area contributed by atoms with Crippen LogP contribution < -0.4 is 0 Å². The van der Waals surface area contributed by atoms with Crippen LogP contribution in [0.5, 0.6) is 0 Å². The van der Waals surface area contributed by atoms with Crippen LogP contribution in [0.15, 0.2) is 194 Å². The Morgan fingerprint density at radius 1 is 0.345 bits per heavy atom. The molecule has 2 heterocycles. The number of hydrogen-bond donors (Lipinski definition) is 0. The van der Waals surface area contributed by atoms with Gasteiger partial charge in [0.2, 0.25) is 0 Å². The van der Waals surface area contributed by atoms with E-state index in [1.54, 1.807) is 0 Å². The molecule has 0 saturated carbocycles. The Labute approximate surface area is 342 Å². The van der Waals surface area contributed by atoms with Crippen molar-refractivity contribution < 1.29 is 0 Å². The third-order valence-corrected chi connectivity index (χ3v) is 13.0. The number of benzene rings is 8. The lowest BCUT2D eigenvalue weighted by atomic mass is 9.82. The number of fused-ring (bicyclic) bond motifs is 6. The maximum absolute atomic E-state index is 5.27. The van der Waals surface area contributed by atoms with Crippen molar-refractivity contribution in [2.24, 2.45) is 0 Å². The fraction of sp³-hybridized carbons (Fsp3) is 0.0545. The molecular weight excluding hydrogens is 721 g/mol. The second-order valence-electron chi connectivity index (χ2n) is 15.8. The average Bonchev–Trinajstić information content (AvgIpc) is 3.77. The van der Waals surface area contributed by atoms with E-state index in [2.05, 4.69) is 190 Å². The van der Waals surface area contributed by atoms with Crippen LogP contribution >= 0.6 is 11.3 Å². The van der Waals surface area contributed by atoms with Crippen molar-refractivity contribution in [3.63, 3.8) is 0 Å². The molecule has 8 aromatic carbocycles. The molecule has 0 fully saturated rings. The highest BCUT2D eigenvalue weighted by Gasteiger charge is 2.35. The van der Waals surface area contributed by atoms with E-state index in [0.717, 1.165) is 39.2 Å². The van der Waals surface area contributed by atoms with Gasteiger partial charge in [0.05, 0.1) is 11.4 Å². The molecule has 3 heteroatoms. The fourth-order valence-corrected chi connectivity index (χ4v) is 9.98. The molecule has 11 rings (SSSR count). The smallest absolute Gasteiger partial charge is 0.160 e. The average molecular weight is 759 g/mol. The lowest BCUT2D eigenvalue weighted by Crippen LogP contribution is -2.14. The number of thiophene rings is 1. The van der Waals surface area contributed by atoms with Crippen LogP contribution in [-0.2, 0) is 5.41 Å². The van der Waals surface area contributed by atoms with E-state index in [-0.39, 0.29) is 5.41 Å². The van der Waals surface area contributed by atoms with Gasteiger partial charge < -0.3 is 0 Å². The number of nitrogens with zero attached hydrogens (tertiary/aromatic N) is 2. The zero-order valence-electron chi connectivity index (χ0n) is 32.3. The maximum atomic E-state index is 5.27. The zero-order chi connectivity index (χ0) is 38.8. The predicted molar refractivity (Wildman–Crippen MR) is 245 cm³/mol. The van der Waals surface area contributed by atoms with Gasteiger partial charge in [-0.25, -0.2) is 9.97 Å². The first-order valence-electron chi connectivity index (χ1n) is 19.9. The first kappa shape index (κ1) is 34.3. The van der Waals surface area contributed by atoms with Crippen LogP contribution in [0.4, 0.5) is 0 Å². The predicted octanol–water partition coefficient (Wildman–Crippen LogP) is 15.2. The number of rotatable bonds is 6. The van der Waals surface area contributed by atoms with Gasteiger partial charge in [-0.3, -0.25) is 0 Å². The van der Waals surface area contributed by atoms with Gasteiger partial charge in [0, 0.05) is 42.3 Å². The minimum absolute atomic E-state index is 0.0103. The lowest BCUT2D eigenvalue weighted by Gasteiger charge is -2.21. The van der Waals surface area contributed by atoms with E-state index in [9.17, 15) is 0 Å². The first-order chi connectivity index (χ1) is 28.5. The van der Waals surface area contributed by atoms with Crippen LogP contribution in [0.25, 0.3) is 98.6 Å². The molecule has 58 heavy (non-hydrogen) atoms. The Bertz CT molecular complexity index is 3180. The maximum Gasteiger partial charge on any atom is 0.160 e. The van der Waals surface area contributed by atoms with Crippen LogP contribution in [0.2, 0.25) is 0 Å². The van der Waals surface area contributed by atoms with Crippen molar-refractivity contribution in [1.82, 2.24) is 9.97 Å². The van der Waals surface area contributed by atoms with Crippen molar-refractivity contribution in [2.45, 2.75) is 19.3 Å². The molecule has 0 saturated heterocycles. The minimum atomic E-state index is -0.0103. The second kappa shape index (κ2) is 13.6. The zero-order valence-corrected chi connectivity index (χ0v) is 33.1. The van der Waals surface area contributed by atoms with Gasteiger partial charge in [-0.1, -0.05) is 166 Å². The summed E-state index contributed by atoms with van der Waals surface area (Å²) in [6.07, 6.45) is 0. The molecule has 274 valence electrons. The van der Waals surface area contributed by atoms with E-state index < -0.39 is 0 Å². The molecule has 2 nitrogen and oxygen atoms in total. The van der Waals surface area contributed by atoms with Gasteiger partial charge in [0.25, 0.3) is 0 Å². The van der Waals surface area contributed by atoms with Crippen molar-refractivity contribution in [1.29, 1.82) is 0 Å².